The largest absolute Gasteiger partial charge is 0.482 e. The molecule has 27 heavy (non-hydrogen) atoms. The number of allylic oxidation sites excluding steroid dienone is 1. The quantitative estimate of drug-likeness (QED) is 0.389. The number of benzene rings is 2. The van der Waals surface area contributed by atoms with E-state index >= 15 is 0 Å². The number of ether oxygens (including phenoxy) is 1. The van der Waals surface area contributed by atoms with Gasteiger partial charge in [-0.2, -0.15) is 0 Å². The predicted octanol–water partition coefficient (Wildman–Crippen LogP) is 5.34. The second-order valence-corrected chi connectivity index (χ2v) is 7.12. The molecule has 140 valence electrons. The number of halogens is 1. The van der Waals surface area contributed by atoms with Crippen molar-refractivity contribution < 1.29 is 9.13 Å². The molecule has 1 atom stereocenters. The van der Waals surface area contributed by atoms with Crippen LogP contribution in [-0.2, 0) is 12.3 Å². The summed E-state index contributed by atoms with van der Waals surface area (Å²) in [6.45, 7) is 8.41. The van der Waals surface area contributed by atoms with E-state index in [9.17, 15) is 4.39 Å². The van der Waals surface area contributed by atoms with Gasteiger partial charge in [-0.1, -0.05) is 48.2 Å². The average Bonchev–Trinajstić information content (AvgIpc) is 3.06. The maximum absolute atomic E-state index is 13.1. The Morgan fingerprint density at radius 3 is 2.63 bits per heavy atom. The van der Waals surface area contributed by atoms with Crippen LogP contribution in [0.25, 0.3) is 0 Å². The van der Waals surface area contributed by atoms with Crippen molar-refractivity contribution in [2.24, 2.45) is 0 Å². The van der Waals surface area contributed by atoms with Gasteiger partial charge in [-0.3, -0.25) is 4.57 Å². The second kappa shape index (κ2) is 8.86. The van der Waals surface area contributed by atoms with Gasteiger partial charge < -0.3 is 4.74 Å². The maximum atomic E-state index is 13.1. The number of aromatic nitrogens is 3. The summed E-state index contributed by atoms with van der Waals surface area (Å²) in [5.74, 6) is 2.03. The number of hydrogen-bond acceptors (Lipinski definition) is 4. The van der Waals surface area contributed by atoms with Crippen LogP contribution >= 0.6 is 11.8 Å². The zero-order valence-electron chi connectivity index (χ0n) is 15.4. The Balaban J connectivity index is 1.76. The van der Waals surface area contributed by atoms with Gasteiger partial charge in [0.25, 0.3) is 0 Å². The highest BCUT2D eigenvalue weighted by atomic mass is 32.2. The summed E-state index contributed by atoms with van der Waals surface area (Å²) in [5, 5.41) is 9.46. The number of aryl methyl sites for hydroxylation is 1. The monoisotopic (exact) mass is 383 g/mol. The molecule has 0 radical (unpaired) electrons. The predicted molar refractivity (Wildman–Crippen MR) is 106 cm³/mol. The van der Waals surface area contributed by atoms with E-state index in [1.54, 1.807) is 23.9 Å². The number of nitrogens with zero attached hydrogens (tertiary/aromatic N) is 3. The third-order valence-corrected chi connectivity index (χ3v) is 5.14. The first-order valence-electron chi connectivity index (χ1n) is 8.72. The molecule has 0 bridgehead atoms. The first kappa shape index (κ1) is 19.2. The number of para-hydroxylation sites is 1. The van der Waals surface area contributed by atoms with E-state index in [1.807, 2.05) is 48.8 Å². The van der Waals surface area contributed by atoms with Crippen molar-refractivity contribution in [1.29, 1.82) is 0 Å². The summed E-state index contributed by atoms with van der Waals surface area (Å²) in [5.41, 5.74) is 2.10. The van der Waals surface area contributed by atoms with Crippen LogP contribution in [0, 0.1) is 12.7 Å². The highest BCUT2D eigenvalue weighted by Gasteiger charge is 2.19. The van der Waals surface area contributed by atoms with Gasteiger partial charge in [0.1, 0.15) is 11.6 Å². The minimum atomic E-state index is -0.251. The van der Waals surface area contributed by atoms with Crippen molar-refractivity contribution in [3.05, 3.63) is 84.0 Å². The van der Waals surface area contributed by atoms with Crippen LogP contribution in [0.1, 0.15) is 30.0 Å². The van der Waals surface area contributed by atoms with Crippen LogP contribution in [0.4, 0.5) is 4.39 Å². The van der Waals surface area contributed by atoms with Crippen molar-refractivity contribution in [1.82, 2.24) is 14.8 Å². The van der Waals surface area contributed by atoms with Crippen LogP contribution in [0.2, 0.25) is 0 Å². The molecule has 0 aliphatic heterocycles. The number of thioether (sulfide) groups is 1. The smallest absolute Gasteiger partial charge is 0.191 e. The SMILES string of the molecule is C=CCn1c(SCc2ccc(F)cc2)nnc1C(C)Oc1ccccc1C. The first-order chi connectivity index (χ1) is 13.1. The van der Waals surface area contributed by atoms with Gasteiger partial charge in [0.15, 0.2) is 17.1 Å². The molecule has 0 fully saturated rings. The summed E-state index contributed by atoms with van der Waals surface area (Å²) < 4.78 is 21.2. The lowest BCUT2D eigenvalue weighted by atomic mass is 10.2. The molecule has 2 aromatic carbocycles. The van der Waals surface area contributed by atoms with Crippen molar-refractivity contribution in [2.75, 3.05) is 0 Å². The fraction of sp³-hybridized carbons (Fsp3) is 0.238. The summed E-state index contributed by atoms with van der Waals surface area (Å²) in [6, 6.07) is 14.4. The molecule has 0 N–H and O–H groups in total. The van der Waals surface area contributed by atoms with E-state index in [4.69, 9.17) is 4.74 Å². The van der Waals surface area contributed by atoms with Crippen molar-refractivity contribution in [2.45, 2.75) is 37.4 Å². The fourth-order valence-electron chi connectivity index (χ4n) is 2.67. The Morgan fingerprint density at radius 1 is 1.19 bits per heavy atom. The second-order valence-electron chi connectivity index (χ2n) is 6.18. The molecule has 0 amide bonds. The van der Waals surface area contributed by atoms with Crippen LogP contribution in [0.3, 0.4) is 0 Å². The molecule has 0 aliphatic rings. The summed E-state index contributed by atoms with van der Waals surface area (Å²) in [7, 11) is 0. The minimum absolute atomic E-state index is 0.233. The van der Waals surface area contributed by atoms with Crippen LogP contribution in [-0.4, -0.2) is 14.8 Å². The number of hydrogen-bond donors (Lipinski definition) is 0. The normalized spacial score (nSPS) is 12.0. The summed E-state index contributed by atoms with van der Waals surface area (Å²) >= 11 is 1.56. The van der Waals surface area contributed by atoms with Gasteiger partial charge in [0.2, 0.25) is 0 Å². The molecular weight excluding hydrogens is 361 g/mol. The van der Waals surface area contributed by atoms with Gasteiger partial charge >= 0.3 is 0 Å². The van der Waals surface area contributed by atoms with E-state index in [0.29, 0.717) is 12.3 Å². The average molecular weight is 383 g/mol. The van der Waals surface area contributed by atoms with Crippen LogP contribution in [0.15, 0.2) is 66.3 Å². The first-order valence-corrected chi connectivity index (χ1v) is 9.70. The van der Waals surface area contributed by atoms with Gasteiger partial charge in [-0.25, -0.2) is 4.39 Å². The zero-order valence-corrected chi connectivity index (χ0v) is 16.2. The van der Waals surface area contributed by atoms with Gasteiger partial charge in [-0.05, 0) is 43.2 Å². The van der Waals surface area contributed by atoms with E-state index in [0.717, 1.165) is 27.9 Å². The third-order valence-electron chi connectivity index (χ3n) is 4.10. The lowest BCUT2D eigenvalue weighted by molar-refractivity contribution is 0.209. The molecular formula is C21H22FN3OS. The van der Waals surface area contributed by atoms with Gasteiger partial charge in [0, 0.05) is 12.3 Å². The standard InChI is InChI=1S/C21H22FN3OS/c1-4-13-25-20(16(3)26-19-8-6-5-7-15(19)2)23-24-21(25)27-14-17-9-11-18(22)12-10-17/h4-12,16H,1,13-14H2,2-3H3. The zero-order chi connectivity index (χ0) is 19.2. The van der Waals surface area contributed by atoms with Crippen molar-refractivity contribution >= 4 is 11.8 Å². The Hall–Kier alpha value is -2.60. The highest BCUT2D eigenvalue weighted by molar-refractivity contribution is 7.98. The molecule has 1 heterocycles. The molecule has 3 aromatic rings. The molecule has 1 unspecified atom stereocenters. The van der Waals surface area contributed by atoms with E-state index in [2.05, 4.69) is 16.8 Å². The van der Waals surface area contributed by atoms with Gasteiger partial charge in [-0.15, -0.1) is 16.8 Å². The van der Waals surface area contributed by atoms with E-state index < -0.39 is 0 Å². The Labute approximate surface area is 163 Å². The molecule has 4 nitrogen and oxygen atoms in total. The topological polar surface area (TPSA) is 39.9 Å². The van der Waals surface area contributed by atoms with E-state index in [1.165, 1.54) is 12.1 Å². The summed E-state index contributed by atoms with van der Waals surface area (Å²) in [4.78, 5) is 0. The Bertz CT molecular complexity index is 908. The van der Waals surface area contributed by atoms with E-state index in [-0.39, 0.29) is 11.9 Å². The molecule has 0 saturated carbocycles. The van der Waals surface area contributed by atoms with Gasteiger partial charge in [0.05, 0.1) is 0 Å². The fourth-order valence-corrected chi connectivity index (χ4v) is 3.58. The van der Waals surface area contributed by atoms with Crippen molar-refractivity contribution in [3.8, 4) is 5.75 Å². The molecule has 0 saturated heterocycles. The molecule has 0 spiro atoms. The molecule has 0 aliphatic carbocycles. The highest BCUT2D eigenvalue weighted by Crippen LogP contribution is 2.28. The molecule has 6 heteroatoms. The Morgan fingerprint density at radius 2 is 1.93 bits per heavy atom. The minimum Gasteiger partial charge on any atom is -0.482 e. The molecule has 3 rings (SSSR count). The number of rotatable bonds is 8. The lowest BCUT2D eigenvalue weighted by Gasteiger charge is -2.17. The third kappa shape index (κ3) is 4.77. The van der Waals surface area contributed by atoms with Crippen molar-refractivity contribution in [3.63, 3.8) is 0 Å². The molecule has 1 aromatic heterocycles. The van der Waals surface area contributed by atoms with Crippen LogP contribution < -0.4 is 4.74 Å². The lowest BCUT2D eigenvalue weighted by Crippen LogP contribution is -2.12. The Kier molecular flexibility index (Phi) is 6.29. The maximum Gasteiger partial charge on any atom is 0.191 e. The summed E-state index contributed by atoms with van der Waals surface area (Å²) in [6.07, 6.45) is 1.56. The van der Waals surface area contributed by atoms with Crippen LogP contribution in [0.5, 0.6) is 5.75 Å².